The summed E-state index contributed by atoms with van der Waals surface area (Å²) >= 11 is 8.28. The normalized spacial score (nSPS) is 20.0. The molecule has 3 heterocycles. The summed E-state index contributed by atoms with van der Waals surface area (Å²) in [7, 11) is 0. The number of halogens is 1. The second kappa shape index (κ2) is 10.0. The molecule has 1 fully saturated rings. The van der Waals surface area contributed by atoms with Gasteiger partial charge in [-0.25, -0.2) is 4.90 Å². The van der Waals surface area contributed by atoms with E-state index in [2.05, 4.69) is 5.32 Å². The zero-order valence-electron chi connectivity index (χ0n) is 20.1. The van der Waals surface area contributed by atoms with Crippen molar-refractivity contribution in [3.63, 3.8) is 0 Å². The van der Waals surface area contributed by atoms with Gasteiger partial charge in [-0.3, -0.25) is 23.7 Å². The molecule has 2 N–H and O–H groups in total. The fraction of sp³-hybridized carbons (Fsp3) is 0.143. The van der Waals surface area contributed by atoms with Crippen LogP contribution in [0.15, 0.2) is 88.7 Å². The van der Waals surface area contributed by atoms with E-state index < -0.39 is 23.0 Å². The predicted octanol–water partition coefficient (Wildman–Crippen LogP) is 4.70. The quantitative estimate of drug-likeness (QED) is 0.263. The molecule has 196 valence electrons. The van der Waals surface area contributed by atoms with E-state index in [4.69, 9.17) is 11.6 Å². The number of carbonyl (C=O) groups is 3. The van der Waals surface area contributed by atoms with Crippen molar-refractivity contribution < 1.29 is 19.5 Å². The molecule has 0 saturated carbocycles. The predicted molar refractivity (Wildman–Crippen MR) is 151 cm³/mol. The van der Waals surface area contributed by atoms with Gasteiger partial charge >= 0.3 is 4.87 Å². The average molecular weight is 578 g/mol. The molecule has 3 atom stereocenters. The van der Waals surface area contributed by atoms with Crippen LogP contribution in [-0.2, 0) is 20.9 Å². The average Bonchev–Trinajstić information content (AvgIpc) is 3.37. The zero-order valence-corrected chi connectivity index (χ0v) is 22.5. The Morgan fingerprint density at radius 2 is 1.62 bits per heavy atom. The van der Waals surface area contributed by atoms with Crippen LogP contribution in [0.1, 0.15) is 16.4 Å². The van der Waals surface area contributed by atoms with Crippen molar-refractivity contribution >= 4 is 63.8 Å². The Morgan fingerprint density at radius 3 is 2.31 bits per heavy atom. The van der Waals surface area contributed by atoms with E-state index in [1.165, 1.54) is 21.6 Å². The molecule has 0 bridgehead atoms. The van der Waals surface area contributed by atoms with E-state index in [1.54, 1.807) is 60.7 Å². The van der Waals surface area contributed by atoms with Gasteiger partial charge in [-0.1, -0.05) is 65.0 Å². The number of imide groups is 1. The van der Waals surface area contributed by atoms with Crippen molar-refractivity contribution in [3.05, 3.63) is 104 Å². The summed E-state index contributed by atoms with van der Waals surface area (Å²) in [5.74, 6) is -2.35. The Balaban J connectivity index is 1.40. The first kappa shape index (κ1) is 25.4. The molecule has 39 heavy (non-hydrogen) atoms. The van der Waals surface area contributed by atoms with Crippen molar-refractivity contribution in [2.24, 2.45) is 5.92 Å². The number of carbonyl (C=O) groups excluding carboxylic acids is 3. The highest BCUT2D eigenvalue weighted by Gasteiger charge is 2.56. The highest BCUT2D eigenvalue weighted by Crippen LogP contribution is 2.53. The molecule has 3 amide bonds. The molecule has 6 rings (SSSR count). The van der Waals surface area contributed by atoms with Gasteiger partial charge in [0.15, 0.2) is 0 Å². The van der Waals surface area contributed by atoms with Gasteiger partial charge in [-0.2, -0.15) is 0 Å². The number of nitrogens with one attached hydrogen (secondary N) is 1. The maximum Gasteiger partial charge on any atom is 0.308 e. The van der Waals surface area contributed by atoms with Crippen molar-refractivity contribution in [3.8, 4) is 5.75 Å². The molecular formula is C28H20ClN3O5S2. The Labute approximate surface area is 235 Å². The third-order valence-corrected chi connectivity index (χ3v) is 9.60. The summed E-state index contributed by atoms with van der Waals surface area (Å²) in [5.41, 5.74) is 1.72. The number of hydrogen-bond donors (Lipinski definition) is 2. The Hall–Kier alpha value is -3.86. The lowest BCUT2D eigenvalue weighted by Crippen LogP contribution is -2.33. The number of nitrogens with zero attached hydrogens (tertiary/aromatic N) is 2. The highest BCUT2D eigenvalue weighted by atomic mass is 35.5. The van der Waals surface area contributed by atoms with Crippen LogP contribution in [0.4, 0.5) is 11.4 Å². The molecule has 2 aliphatic heterocycles. The van der Waals surface area contributed by atoms with Crippen molar-refractivity contribution in [2.45, 2.75) is 22.7 Å². The summed E-state index contributed by atoms with van der Waals surface area (Å²) in [6.45, 7) is -0.270. The van der Waals surface area contributed by atoms with Gasteiger partial charge in [-0.05, 0) is 54.1 Å². The first-order valence-electron chi connectivity index (χ1n) is 12.0. The van der Waals surface area contributed by atoms with Crippen molar-refractivity contribution in [1.29, 1.82) is 0 Å². The molecule has 1 aromatic heterocycles. The van der Waals surface area contributed by atoms with Crippen LogP contribution < -0.4 is 15.1 Å². The van der Waals surface area contributed by atoms with Crippen LogP contribution in [0.3, 0.4) is 0 Å². The van der Waals surface area contributed by atoms with Crippen LogP contribution in [0.2, 0.25) is 5.02 Å². The second-order valence-corrected chi connectivity index (χ2v) is 11.7. The number of benzene rings is 3. The lowest BCUT2D eigenvalue weighted by molar-refractivity contribution is -0.122. The summed E-state index contributed by atoms with van der Waals surface area (Å²) in [4.78, 5) is 55.1. The molecule has 2 aliphatic rings. The molecule has 1 saturated heterocycles. The Kier molecular flexibility index (Phi) is 6.54. The summed E-state index contributed by atoms with van der Waals surface area (Å²) in [6, 6.07) is 21.8. The number of aromatic hydroxyl groups is 1. The summed E-state index contributed by atoms with van der Waals surface area (Å²) in [5, 5.41) is 12.5. The fourth-order valence-corrected chi connectivity index (χ4v) is 7.90. The van der Waals surface area contributed by atoms with E-state index in [9.17, 15) is 24.3 Å². The van der Waals surface area contributed by atoms with Crippen LogP contribution >= 0.6 is 34.7 Å². The summed E-state index contributed by atoms with van der Waals surface area (Å²) in [6.07, 6.45) is 0. The zero-order chi connectivity index (χ0) is 27.3. The molecule has 0 aliphatic carbocycles. The lowest BCUT2D eigenvalue weighted by Gasteiger charge is -2.30. The largest absolute Gasteiger partial charge is 0.508 e. The molecule has 8 nitrogen and oxygen atoms in total. The molecule has 0 spiro atoms. The first-order chi connectivity index (χ1) is 18.8. The van der Waals surface area contributed by atoms with E-state index in [0.717, 1.165) is 28.7 Å². The number of phenols is 1. The van der Waals surface area contributed by atoms with Gasteiger partial charge in [-0.15, -0.1) is 0 Å². The van der Waals surface area contributed by atoms with Gasteiger partial charge in [0.2, 0.25) is 17.7 Å². The molecule has 2 unspecified atom stereocenters. The maximum absolute atomic E-state index is 13.8. The highest BCUT2D eigenvalue weighted by molar-refractivity contribution is 8.00. The number of phenolic OH excluding ortho intramolecular Hbond substituents is 1. The summed E-state index contributed by atoms with van der Waals surface area (Å²) < 4.78 is 1.36. The smallest absolute Gasteiger partial charge is 0.308 e. The minimum absolute atomic E-state index is 0.0654. The Morgan fingerprint density at radius 1 is 0.923 bits per heavy atom. The molecule has 3 aromatic carbocycles. The van der Waals surface area contributed by atoms with Crippen LogP contribution in [0.25, 0.3) is 0 Å². The first-order valence-corrected chi connectivity index (χ1v) is 14.1. The van der Waals surface area contributed by atoms with E-state index in [-0.39, 0.29) is 29.0 Å². The minimum Gasteiger partial charge on any atom is -0.508 e. The van der Waals surface area contributed by atoms with Gasteiger partial charge in [0.05, 0.1) is 16.6 Å². The standard InChI is InChI=1S/C28H20ClN3O5S2/c29-16-8-6-15(7-9-16)21-22-23(26(36)32(25(22)35)18-4-2-1-3-5-18)38-27-24(21)39-28(37)31(27)14-20(34)30-17-10-12-19(33)13-11-17/h1-13,21-23,33H,14H2,(H,30,34)/t21-,22?,23?/m1/s1. The van der Waals surface area contributed by atoms with E-state index >= 15 is 0 Å². The number of rotatable bonds is 5. The topological polar surface area (TPSA) is 109 Å². The van der Waals surface area contributed by atoms with Gasteiger partial charge in [0.1, 0.15) is 17.5 Å². The van der Waals surface area contributed by atoms with Gasteiger partial charge in [0.25, 0.3) is 0 Å². The molecular weight excluding hydrogens is 558 g/mol. The monoisotopic (exact) mass is 577 g/mol. The lowest BCUT2D eigenvalue weighted by atomic mass is 9.83. The van der Waals surface area contributed by atoms with Crippen molar-refractivity contribution in [1.82, 2.24) is 4.57 Å². The van der Waals surface area contributed by atoms with Crippen molar-refractivity contribution in [2.75, 3.05) is 10.2 Å². The third kappa shape index (κ3) is 4.54. The number of anilines is 2. The third-order valence-electron chi connectivity index (χ3n) is 6.75. The molecule has 4 aromatic rings. The number of para-hydroxylation sites is 1. The van der Waals surface area contributed by atoms with E-state index in [0.29, 0.717) is 26.3 Å². The Bertz CT molecular complexity index is 1650. The number of amides is 3. The van der Waals surface area contributed by atoms with Crippen LogP contribution in [0.5, 0.6) is 5.75 Å². The van der Waals surface area contributed by atoms with Gasteiger partial charge < -0.3 is 10.4 Å². The fourth-order valence-electron chi connectivity index (χ4n) is 5.01. The number of thioether (sulfide) groups is 1. The van der Waals surface area contributed by atoms with E-state index in [1.807, 2.05) is 6.07 Å². The number of hydrogen-bond acceptors (Lipinski definition) is 7. The second-order valence-electron chi connectivity index (χ2n) is 9.16. The van der Waals surface area contributed by atoms with Gasteiger partial charge in [0, 0.05) is 21.5 Å². The molecule has 11 heteroatoms. The molecule has 0 radical (unpaired) electrons. The minimum atomic E-state index is -0.772. The number of aromatic nitrogens is 1. The number of fused-ring (bicyclic) bond motifs is 2. The number of thiazole rings is 1. The SMILES string of the molecule is O=C(Cn1c2c(sc1=O)[C@H](c1ccc(Cl)cc1)C1C(=O)N(c3ccccc3)C(=O)C1S2)Nc1ccc(O)cc1. The maximum atomic E-state index is 13.8. The van der Waals surface area contributed by atoms with Crippen LogP contribution in [0, 0.1) is 5.92 Å². The van der Waals surface area contributed by atoms with Crippen LogP contribution in [-0.4, -0.2) is 32.6 Å².